The van der Waals surface area contributed by atoms with Crippen LogP contribution in [0.15, 0.2) is 29.1 Å². The molecule has 1 saturated heterocycles. The summed E-state index contributed by atoms with van der Waals surface area (Å²) in [6.45, 7) is 4.53. The molecule has 0 aliphatic carbocycles. The van der Waals surface area contributed by atoms with Crippen molar-refractivity contribution in [3.8, 4) is 0 Å². The smallest absolute Gasteiger partial charge is 0.360 e. The number of benzene rings is 1. The largest absolute Gasteiger partial charge is 0.463 e. The van der Waals surface area contributed by atoms with Crippen LogP contribution in [0.1, 0.15) is 30.8 Å². The van der Waals surface area contributed by atoms with Gasteiger partial charge in [0, 0.05) is 18.4 Å². The van der Waals surface area contributed by atoms with Crippen LogP contribution in [-0.4, -0.2) is 34.4 Å². The molecular weight excluding hydrogens is 312 g/mol. The van der Waals surface area contributed by atoms with Crippen LogP contribution in [0.4, 0.5) is 0 Å². The molecule has 2 heterocycles. The lowest BCUT2D eigenvalue weighted by molar-refractivity contribution is -0.145. The van der Waals surface area contributed by atoms with Crippen molar-refractivity contribution in [2.75, 3.05) is 6.61 Å². The summed E-state index contributed by atoms with van der Waals surface area (Å²) in [5.41, 5.74) is -0.221. The SMILES string of the molecule is CC(C)Cn1nc(C(=O)OC2CCOC2=O)c2ccccc2c1=O. The molecule has 1 atom stereocenters. The fourth-order valence-corrected chi connectivity index (χ4v) is 2.62. The molecule has 1 fully saturated rings. The van der Waals surface area contributed by atoms with Gasteiger partial charge in [-0.15, -0.1) is 0 Å². The van der Waals surface area contributed by atoms with Crippen molar-refractivity contribution in [3.63, 3.8) is 0 Å². The zero-order chi connectivity index (χ0) is 17.3. The van der Waals surface area contributed by atoms with Gasteiger partial charge in [0.15, 0.2) is 5.69 Å². The van der Waals surface area contributed by atoms with E-state index >= 15 is 0 Å². The van der Waals surface area contributed by atoms with Gasteiger partial charge in [-0.1, -0.05) is 32.0 Å². The molecule has 1 aliphatic rings. The number of carbonyl (C=O) groups is 2. The van der Waals surface area contributed by atoms with E-state index in [-0.39, 0.29) is 23.8 Å². The van der Waals surface area contributed by atoms with Crippen LogP contribution in [0.2, 0.25) is 0 Å². The molecular formula is C17H18N2O5. The molecule has 0 bridgehead atoms. The monoisotopic (exact) mass is 330 g/mol. The van der Waals surface area contributed by atoms with Gasteiger partial charge in [0.2, 0.25) is 6.10 Å². The first-order valence-corrected chi connectivity index (χ1v) is 7.85. The van der Waals surface area contributed by atoms with Crippen LogP contribution < -0.4 is 5.56 Å². The molecule has 0 amide bonds. The third-order valence-corrected chi connectivity index (χ3v) is 3.74. The fourth-order valence-electron chi connectivity index (χ4n) is 2.62. The predicted molar refractivity (Wildman–Crippen MR) is 85.6 cm³/mol. The van der Waals surface area contributed by atoms with Crippen LogP contribution in [0.5, 0.6) is 0 Å². The minimum absolute atomic E-state index is 0.0329. The van der Waals surface area contributed by atoms with E-state index < -0.39 is 18.0 Å². The number of hydrogen-bond donors (Lipinski definition) is 0. The van der Waals surface area contributed by atoms with E-state index in [1.54, 1.807) is 24.3 Å². The molecule has 0 N–H and O–H groups in total. The average Bonchev–Trinajstić information content (AvgIpc) is 2.94. The zero-order valence-corrected chi connectivity index (χ0v) is 13.5. The molecule has 7 heteroatoms. The maximum absolute atomic E-state index is 12.5. The number of aromatic nitrogens is 2. The molecule has 2 aromatic rings. The first kappa shape index (κ1) is 16.2. The van der Waals surface area contributed by atoms with Gasteiger partial charge < -0.3 is 9.47 Å². The first-order valence-electron chi connectivity index (χ1n) is 7.85. The summed E-state index contributed by atoms with van der Waals surface area (Å²) in [5.74, 6) is -1.10. The molecule has 1 aromatic carbocycles. The van der Waals surface area contributed by atoms with Gasteiger partial charge in [-0.2, -0.15) is 5.10 Å². The molecule has 1 aliphatic heterocycles. The number of esters is 2. The van der Waals surface area contributed by atoms with E-state index in [0.717, 1.165) is 0 Å². The molecule has 1 aromatic heterocycles. The summed E-state index contributed by atoms with van der Waals surface area (Å²) in [4.78, 5) is 36.5. The van der Waals surface area contributed by atoms with Gasteiger partial charge in [-0.05, 0) is 12.0 Å². The lowest BCUT2D eigenvalue weighted by Crippen LogP contribution is -2.30. The highest BCUT2D eigenvalue weighted by molar-refractivity contribution is 6.02. The Hall–Kier alpha value is -2.70. The molecule has 0 spiro atoms. The van der Waals surface area contributed by atoms with Gasteiger partial charge >= 0.3 is 11.9 Å². The minimum atomic E-state index is -0.913. The van der Waals surface area contributed by atoms with Crippen LogP contribution in [0.3, 0.4) is 0 Å². The Balaban J connectivity index is 2.05. The number of rotatable bonds is 4. The third-order valence-electron chi connectivity index (χ3n) is 3.74. The summed E-state index contributed by atoms with van der Waals surface area (Å²) < 4.78 is 11.3. The first-order chi connectivity index (χ1) is 11.5. The lowest BCUT2D eigenvalue weighted by atomic mass is 10.1. The lowest BCUT2D eigenvalue weighted by Gasteiger charge is -2.13. The summed E-state index contributed by atoms with van der Waals surface area (Å²) in [6.07, 6.45) is -0.586. The Morgan fingerprint density at radius 3 is 2.67 bits per heavy atom. The van der Waals surface area contributed by atoms with Gasteiger partial charge in [0.25, 0.3) is 5.56 Å². The molecule has 0 radical (unpaired) electrons. The highest BCUT2D eigenvalue weighted by atomic mass is 16.6. The summed E-state index contributed by atoms with van der Waals surface area (Å²) >= 11 is 0. The fraction of sp³-hybridized carbons (Fsp3) is 0.412. The van der Waals surface area contributed by atoms with Gasteiger partial charge in [-0.25, -0.2) is 14.3 Å². The Labute approximate surface area is 138 Å². The number of ether oxygens (including phenoxy) is 2. The van der Waals surface area contributed by atoms with Crippen LogP contribution in [-0.2, 0) is 20.8 Å². The van der Waals surface area contributed by atoms with Crippen molar-refractivity contribution in [2.45, 2.75) is 32.9 Å². The van der Waals surface area contributed by atoms with E-state index in [4.69, 9.17) is 9.47 Å². The van der Waals surface area contributed by atoms with Crippen LogP contribution in [0, 0.1) is 5.92 Å². The van der Waals surface area contributed by atoms with Crippen molar-refractivity contribution < 1.29 is 19.1 Å². The number of cyclic esters (lactones) is 1. The van der Waals surface area contributed by atoms with Crippen molar-refractivity contribution in [1.82, 2.24) is 9.78 Å². The van der Waals surface area contributed by atoms with E-state index in [2.05, 4.69) is 5.10 Å². The highest BCUT2D eigenvalue weighted by Gasteiger charge is 2.31. The van der Waals surface area contributed by atoms with Gasteiger partial charge in [-0.3, -0.25) is 4.79 Å². The van der Waals surface area contributed by atoms with Crippen molar-refractivity contribution in [3.05, 3.63) is 40.3 Å². The van der Waals surface area contributed by atoms with E-state index in [1.807, 2.05) is 13.8 Å². The Morgan fingerprint density at radius 2 is 2.04 bits per heavy atom. The van der Waals surface area contributed by atoms with Crippen molar-refractivity contribution >= 4 is 22.7 Å². The second kappa shape index (κ2) is 6.43. The molecule has 3 rings (SSSR count). The van der Waals surface area contributed by atoms with E-state index in [1.165, 1.54) is 4.68 Å². The minimum Gasteiger partial charge on any atom is -0.463 e. The third kappa shape index (κ3) is 3.02. The quantitative estimate of drug-likeness (QED) is 0.790. The molecule has 0 saturated carbocycles. The van der Waals surface area contributed by atoms with E-state index in [9.17, 15) is 14.4 Å². The van der Waals surface area contributed by atoms with E-state index in [0.29, 0.717) is 23.7 Å². The zero-order valence-electron chi connectivity index (χ0n) is 13.5. The molecule has 126 valence electrons. The summed E-state index contributed by atoms with van der Waals surface area (Å²) in [5, 5.41) is 5.00. The number of carbonyl (C=O) groups excluding carboxylic acids is 2. The molecule has 24 heavy (non-hydrogen) atoms. The number of hydrogen-bond acceptors (Lipinski definition) is 6. The number of fused-ring (bicyclic) bond motifs is 1. The Morgan fingerprint density at radius 1 is 1.33 bits per heavy atom. The van der Waals surface area contributed by atoms with Gasteiger partial charge in [0.1, 0.15) is 0 Å². The average molecular weight is 330 g/mol. The molecule has 1 unspecified atom stereocenters. The summed E-state index contributed by atoms with van der Waals surface area (Å²) in [7, 11) is 0. The molecule has 7 nitrogen and oxygen atoms in total. The summed E-state index contributed by atoms with van der Waals surface area (Å²) in [6, 6.07) is 6.74. The highest BCUT2D eigenvalue weighted by Crippen LogP contribution is 2.18. The maximum atomic E-state index is 12.5. The van der Waals surface area contributed by atoms with Crippen molar-refractivity contribution in [1.29, 1.82) is 0 Å². The Bertz CT molecular complexity index is 856. The van der Waals surface area contributed by atoms with Crippen molar-refractivity contribution in [2.24, 2.45) is 5.92 Å². The normalized spacial score (nSPS) is 17.3. The topological polar surface area (TPSA) is 87.5 Å². The Kier molecular flexibility index (Phi) is 4.33. The predicted octanol–water partition coefficient (Wildman–Crippen LogP) is 1.52. The van der Waals surface area contributed by atoms with Gasteiger partial charge in [0.05, 0.1) is 12.0 Å². The van der Waals surface area contributed by atoms with Crippen LogP contribution in [0.25, 0.3) is 10.8 Å². The second-order valence-electron chi connectivity index (χ2n) is 6.13. The standard InChI is InChI=1S/C17H18N2O5/c1-10(2)9-19-15(20)12-6-4-3-5-11(12)14(18-19)17(22)24-13-7-8-23-16(13)21/h3-6,10,13H,7-9H2,1-2H3. The maximum Gasteiger partial charge on any atom is 0.360 e. The van der Waals surface area contributed by atoms with Crippen LogP contribution >= 0.6 is 0 Å². The number of nitrogens with zero attached hydrogens (tertiary/aromatic N) is 2. The second-order valence-corrected chi connectivity index (χ2v) is 6.13.